The summed E-state index contributed by atoms with van der Waals surface area (Å²) in [7, 11) is -0.212. The average Bonchev–Trinajstić information content (AvgIpc) is 2.33. The van der Waals surface area contributed by atoms with Gasteiger partial charge in [0.2, 0.25) is 0 Å². The fourth-order valence-electron chi connectivity index (χ4n) is 0.771. The molecule has 0 aliphatic heterocycles. The summed E-state index contributed by atoms with van der Waals surface area (Å²) < 4.78 is 0. The average molecular weight is 296 g/mol. The number of hydrogen-bond donors (Lipinski definition) is 0. The van der Waals surface area contributed by atoms with E-state index in [0.717, 1.165) is 6.42 Å². The molecule has 0 spiro atoms. The van der Waals surface area contributed by atoms with Crippen LogP contribution in [0.2, 0.25) is 13.1 Å². The van der Waals surface area contributed by atoms with Crippen LogP contribution in [-0.2, 0) is 17.1 Å². The molecule has 1 nitrogen and oxygen atoms in total. The Bertz CT molecular complexity index is 241. The first kappa shape index (κ1) is 31.2. The van der Waals surface area contributed by atoms with Crippen molar-refractivity contribution < 1.29 is 54.8 Å². The van der Waals surface area contributed by atoms with Crippen LogP contribution in [0.5, 0.6) is 0 Å². The maximum Gasteiger partial charge on any atom is 1.00 e. The van der Waals surface area contributed by atoms with E-state index in [9.17, 15) is 0 Å². The summed E-state index contributed by atoms with van der Waals surface area (Å²) in [5.41, 5.74) is 0. The van der Waals surface area contributed by atoms with E-state index in [1.807, 2.05) is 0 Å². The third kappa shape index (κ3) is 21.9. The number of benzene rings is 1. The summed E-state index contributed by atoms with van der Waals surface area (Å²) >= 11 is 0. The van der Waals surface area contributed by atoms with E-state index in [1.165, 1.54) is 11.6 Å². The first-order chi connectivity index (χ1) is 7.22. The Morgan fingerprint density at radius 1 is 1.11 bits per heavy atom. The van der Waals surface area contributed by atoms with Gasteiger partial charge in [-0.05, 0) is 0 Å². The van der Waals surface area contributed by atoms with Crippen LogP contribution in [-0.4, -0.2) is 8.80 Å². The van der Waals surface area contributed by atoms with Gasteiger partial charge < -0.3 is 18.8 Å². The van der Waals surface area contributed by atoms with E-state index in [2.05, 4.69) is 57.3 Å². The molecule has 0 aliphatic rings. The standard InChI is InChI=1S/C8H11Si.C4H9.CN.Cu.2Li/c1-9(2)8-6-4-3-5-7-8;1-3-4-2;1-2;;;/h3-7H,1-2H3;1,3-4H2,2H3;;;;/q;2*-1;;2*+1. The van der Waals surface area contributed by atoms with E-state index in [0.29, 0.717) is 0 Å². The third-order valence-corrected chi connectivity index (χ3v) is 3.19. The first-order valence-corrected chi connectivity index (χ1v) is 7.59. The second-order valence-electron chi connectivity index (χ2n) is 3.22. The minimum absolute atomic E-state index is 0. The zero-order valence-electron chi connectivity index (χ0n) is 12.3. The Labute approximate surface area is 150 Å². The molecule has 1 rings (SSSR count). The van der Waals surface area contributed by atoms with Crippen molar-refractivity contribution in [1.29, 1.82) is 5.26 Å². The topological polar surface area (TPSA) is 23.8 Å². The van der Waals surface area contributed by atoms with Crippen LogP contribution in [0.25, 0.3) is 0 Å². The van der Waals surface area contributed by atoms with Crippen LogP contribution < -0.4 is 42.9 Å². The van der Waals surface area contributed by atoms with Gasteiger partial charge in [0.05, 0.1) is 8.80 Å². The second-order valence-corrected chi connectivity index (χ2v) is 5.80. The predicted octanol–water partition coefficient (Wildman–Crippen LogP) is -2.63. The van der Waals surface area contributed by atoms with Gasteiger partial charge in [0.15, 0.2) is 0 Å². The van der Waals surface area contributed by atoms with Crippen molar-refractivity contribution in [2.75, 3.05) is 0 Å². The SMILES string of the molecule is C[Si](C)c1ccccc1.[C-]#N.[CH2-]CCC.[Cu].[Li+].[Li+]. The molecule has 0 N–H and O–H groups in total. The van der Waals surface area contributed by atoms with Crippen molar-refractivity contribution >= 4 is 14.0 Å². The van der Waals surface area contributed by atoms with Crippen molar-refractivity contribution in [1.82, 2.24) is 0 Å². The van der Waals surface area contributed by atoms with Crippen molar-refractivity contribution in [2.24, 2.45) is 0 Å². The largest absolute Gasteiger partial charge is 1.00 e. The molecule has 0 bridgehead atoms. The minimum Gasteiger partial charge on any atom is -0.512 e. The van der Waals surface area contributed by atoms with E-state index in [1.54, 1.807) is 0 Å². The fraction of sp³-hybridized carbons (Fsp3) is 0.385. The van der Waals surface area contributed by atoms with E-state index >= 15 is 0 Å². The molecule has 94 valence electrons. The summed E-state index contributed by atoms with van der Waals surface area (Å²) in [5, 5.41) is 7.77. The molecule has 18 heavy (non-hydrogen) atoms. The van der Waals surface area contributed by atoms with Gasteiger partial charge in [0.25, 0.3) is 0 Å². The smallest absolute Gasteiger partial charge is 0.512 e. The van der Waals surface area contributed by atoms with Gasteiger partial charge in [-0.25, -0.2) is 0 Å². The van der Waals surface area contributed by atoms with Gasteiger partial charge in [0.1, 0.15) is 0 Å². The molecule has 1 aromatic rings. The van der Waals surface area contributed by atoms with Crippen LogP contribution in [0.1, 0.15) is 19.8 Å². The van der Waals surface area contributed by atoms with Crippen LogP contribution in [0.15, 0.2) is 30.3 Å². The molecular formula is C13H20CuLi2NSi. The maximum absolute atomic E-state index is 6.25. The molecule has 2 radical (unpaired) electrons. The summed E-state index contributed by atoms with van der Waals surface area (Å²) in [5.74, 6) is 0. The molecule has 0 unspecified atom stereocenters. The number of nitrogens with zero attached hydrogens (tertiary/aromatic N) is 1. The Kier molecular flexibility index (Phi) is 45.5. The van der Waals surface area contributed by atoms with Crippen molar-refractivity contribution in [3.8, 4) is 0 Å². The molecule has 1 aromatic carbocycles. The molecule has 0 atom stereocenters. The van der Waals surface area contributed by atoms with Gasteiger partial charge in [-0.3, -0.25) is 0 Å². The fourth-order valence-corrected chi connectivity index (χ4v) is 1.63. The van der Waals surface area contributed by atoms with Crippen LogP contribution in [0.4, 0.5) is 0 Å². The van der Waals surface area contributed by atoms with Gasteiger partial charge >= 0.3 is 37.7 Å². The molecule has 0 saturated heterocycles. The molecule has 0 heterocycles. The number of rotatable bonds is 2. The minimum atomic E-state index is -0.212. The Hall–Kier alpha value is 0.641. The van der Waals surface area contributed by atoms with E-state index in [4.69, 9.17) is 11.8 Å². The van der Waals surface area contributed by atoms with Crippen LogP contribution in [0, 0.1) is 18.8 Å². The molecule has 0 saturated carbocycles. The summed E-state index contributed by atoms with van der Waals surface area (Å²) in [4.78, 5) is 0. The van der Waals surface area contributed by atoms with Crippen LogP contribution in [0.3, 0.4) is 0 Å². The summed E-state index contributed by atoms with van der Waals surface area (Å²) in [6.07, 6.45) is 2.28. The Balaban J connectivity index is -0.0000000553. The maximum atomic E-state index is 6.25. The van der Waals surface area contributed by atoms with Gasteiger partial charge in [-0.15, -0.1) is 0 Å². The third-order valence-electron chi connectivity index (χ3n) is 1.70. The van der Waals surface area contributed by atoms with E-state index in [-0.39, 0.29) is 63.6 Å². The van der Waals surface area contributed by atoms with Crippen molar-refractivity contribution in [3.63, 3.8) is 0 Å². The van der Waals surface area contributed by atoms with Gasteiger partial charge in [0, 0.05) is 17.1 Å². The van der Waals surface area contributed by atoms with Gasteiger partial charge in [-0.2, -0.15) is 6.42 Å². The molecule has 0 fully saturated rings. The number of hydrogen-bond acceptors (Lipinski definition) is 1. The predicted molar refractivity (Wildman–Crippen MR) is 68.8 cm³/mol. The molecule has 0 amide bonds. The van der Waals surface area contributed by atoms with E-state index < -0.39 is 0 Å². The zero-order valence-corrected chi connectivity index (χ0v) is 14.2. The molecule has 0 aromatic heterocycles. The molecule has 0 aliphatic carbocycles. The Morgan fingerprint density at radius 2 is 1.44 bits per heavy atom. The second kappa shape index (κ2) is 26.3. The van der Waals surface area contributed by atoms with Crippen molar-refractivity contribution in [2.45, 2.75) is 32.9 Å². The summed E-state index contributed by atoms with van der Waals surface area (Å²) in [6.45, 7) is 15.1. The summed E-state index contributed by atoms with van der Waals surface area (Å²) in [6, 6.07) is 10.7. The molecular weight excluding hydrogens is 276 g/mol. The van der Waals surface area contributed by atoms with Gasteiger partial charge in [-0.1, -0.05) is 62.0 Å². The Morgan fingerprint density at radius 3 is 1.61 bits per heavy atom. The van der Waals surface area contributed by atoms with Crippen molar-refractivity contribution in [3.05, 3.63) is 43.8 Å². The molecule has 5 heteroatoms. The normalized spacial score (nSPS) is 6.83. The monoisotopic (exact) mass is 295 g/mol. The quantitative estimate of drug-likeness (QED) is 0.433. The first-order valence-electron chi connectivity index (χ1n) is 5.09. The van der Waals surface area contributed by atoms with Crippen LogP contribution >= 0.6 is 0 Å². The zero-order chi connectivity index (χ0) is 12.1. The number of unbranched alkanes of at least 4 members (excludes halogenated alkanes) is 1.